The number of anilines is 1. The Kier molecular flexibility index (Phi) is 6.77. The molecule has 0 spiro atoms. The Hall–Kier alpha value is -3.54. The summed E-state index contributed by atoms with van der Waals surface area (Å²) in [6.07, 6.45) is -1.20. The van der Waals surface area contributed by atoms with Crippen LogP contribution in [0.15, 0.2) is 64.3 Å². The first-order valence-corrected chi connectivity index (χ1v) is 12.0. The summed E-state index contributed by atoms with van der Waals surface area (Å²) in [6, 6.07) is 13.7. The normalized spacial score (nSPS) is 15.6. The Balaban J connectivity index is 1.47. The number of carbonyl (C=O) groups is 2. The number of morpholine rings is 1. The van der Waals surface area contributed by atoms with E-state index in [4.69, 9.17) is 9.47 Å². The van der Waals surface area contributed by atoms with Gasteiger partial charge in [0.25, 0.3) is 5.91 Å². The third-order valence-corrected chi connectivity index (χ3v) is 7.23. The van der Waals surface area contributed by atoms with Crippen molar-refractivity contribution >= 4 is 38.5 Å². The fourth-order valence-corrected chi connectivity index (χ4v) is 5.02. The average molecular weight is 486 g/mol. The van der Waals surface area contributed by atoms with Crippen molar-refractivity contribution < 1.29 is 27.5 Å². The number of para-hydroxylation sites is 1. The van der Waals surface area contributed by atoms with E-state index in [2.05, 4.69) is 10.3 Å². The lowest BCUT2D eigenvalue weighted by Crippen LogP contribution is -2.40. The van der Waals surface area contributed by atoms with Gasteiger partial charge in [0.05, 0.1) is 23.7 Å². The predicted octanol–water partition coefficient (Wildman–Crippen LogP) is 1.73. The van der Waals surface area contributed by atoms with E-state index in [1.807, 2.05) is 0 Å². The zero-order chi connectivity index (χ0) is 24.3. The van der Waals surface area contributed by atoms with Gasteiger partial charge in [0.1, 0.15) is 0 Å². The maximum Gasteiger partial charge on any atom is 0.339 e. The molecular weight excluding hydrogens is 462 g/mol. The molecule has 2 aromatic carbocycles. The molecule has 2 heterocycles. The molecule has 1 fully saturated rings. The standard InChI is InChI=1S/C23H23N3O7S/c1-15(33-23(29)19-14-21(27)25-20-8-3-2-7-18(19)20)22(28)24-16-5-4-6-17(13-16)34(30,31)26-9-11-32-12-10-26/h2-8,13-15H,9-12H2,1H3,(H,24,28)(H,25,27). The molecule has 0 radical (unpaired) electrons. The Labute approximate surface area is 195 Å². The van der Waals surface area contributed by atoms with Crippen LogP contribution in [0.5, 0.6) is 0 Å². The molecule has 0 saturated carbocycles. The van der Waals surface area contributed by atoms with Crippen LogP contribution in [0.2, 0.25) is 0 Å². The molecule has 2 N–H and O–H groups in total. The number of ether oxygens (including phenoxy) is 2. The van der Waals surface area contributed by atoms with Gasteiger partial charge in [-0.2, -0.15) is 4.31 Å². The predicted molar refractivity (Wildman–Crippen MR) is 124 cm³/mol. The van der Waals surface area contributed by atoms with Gasteiger partial charge in [-0.3, -0.25) is 9.59 Å². The van der Waals surface area contributed by atoms with Gasteiger partial charge < -0.3 is 19.8 Å². The molecule has 1 amide bonds. The highest BCUT2D eigenvalue weighted by Crippen LogP contribution is 2.21. The number of fused-ring (bicyclic) bond motifs is 1. The lowest BCUT2D eigenvalue weighted by Gasteiger charge is -2.26. The number of hydrogen-bond donors (Lipinski definition) is 2. The first kappa shape index (κ1) is 23.6. The summed E-state index contributed by atoms with van der Waals surface area (Å²) in [5.74, 6) is -1.47. The minimum atomic E-state index is -3.74. The number of H-pyrrole nitrogens is 1. The van der Waals surface area contributed by atoms with Crippen LogP contribution in [-0.2, 0) is 24.3 Å². The van der Waals surface area contributed by atoms with E-state index in [0.717, 1.165) is 6.07 Å². The molecule has 1 saturated heterocycles. The van der Waals surface area contributed by atoms with Crippen molar-refractivity contribution in [3.8, 4) is 0 Å². The number of nitrogens with one attached hydrogen (secondary N) is 2. The molecule has 11 heteroatoms. The zero-order valence-electron chi connectivity index (χ0n) is 18.3. The number of pyridine rings is 1. The maximum atomic E-state index is 12.9. The molecular formula is C23H23N3O7S. The second-order valence-electron chi connectivity index (χ2n) is 7.67. The fraction of sp³-hybridized carbons (Fsp3) is 0.261. The quantitative estimate of drug-likeness (QED) is 0.508. The average Bonchev–Trinajstić information content (AvgIpc) is 2.84. The highest BCUT2D eigenvalue weighted by molar-refractivity contribution is 7.89. The zero-order valence-corrected chi connectivity index (χ0v) is 19.1. The van der Waals surface area contributed by atoms with Crippen molar-refractivity contribution in [2.45, 2.75) is 17.9 Å². The van der Waals surface area contributed by atoms with Gasteiger partial charge in [-0.1, -0.05) is 24.3 Å². The number of nitrogens with zero attached hydrogens (tertiary/aromatic N) is 1. The van der Waals surface area contributed by atoms with Crippen molar-refractivity contribution in [1.82, 2.24) is 9.29 Å². The number of sulfonamides is 1. The van der Waals surface area contributed by atoms with Gasteiger partial charge in [-0.05, 0) is 31.2 Å². The summed E-state index contributed by atoms with van der Waals surface area (Å²) >= 11 is 0. The van der Waals surface area contributed by atoms with Crippen molar-refractivity contribution in [1.29, 1.82) is 0 Å². The fourth-order valence-electron chi connectivity index (χ4n) is 3.57. The Bertz CT molecular complexity index is 1390. The molecule has 1 aromatic heterocycles. The number of hydrogen-bond acceptors (Lipinski definition) is 7. The summed E-state index contributed by atoms with van der Waals surface area (Å²) in [4.78, 5) is 39.9. The van der Waals surface area contributed by atoms with Crippen LogP contribution >= 0.6 is 0 Å². The molecule has 178 valence electrons. The Morgan fingerprint density at radius 1 is 1.09 bits per heavy atom. The molecule has 0 aliphatic carbocycles. The topological polar surface area (TPSA) is 135 Å². The van der Waals surface area contributed by atoms with Gasteiger partial charge in [0, 0.05) is 35.7 Å². The molecule has 1 aliphatic rings. The molecule has 4 rings (SSSR count). The monoisotopic (exact) mass is 485 g/mol. The number of carbonyl (C=O) groups excluding carboxylic acids is 2. The first-order chi connectivity index (χ1) is 16.3. The van der Waals surface area contributed by atoms with Crippen LogP contribution in [-0.4, -0.2) is 62.0 Å². The smallest absolute Gasteiger partial charge is 0.339 e. The molecule has 1 aliphatic heterocycles. The van der Waals surface area contributed by atoms with Gasteiger partial charge in [-0.15, -0.1) is 0 Å². The van der Waals surface area contributed by atoms with Gasteiger partial charge in [0.15, 0.2) is 6.10 Å². The largest absolute Gasteiger partial charge is 0.449 e. The summed E-state index contributed by atoms with van der Waals surface area (Å²) in [5.41, 5.74) is 0.278. The van der Waals surface area contributed by atoms with Gasteiger partial charge >= 0.3 is 5.97 Å². The highest BCUT2D eigenvalue weighted by atomic mass is 32.2. The van der Waals surface area contributed by atoms with Crippen molar-refractivity contribution in [2.24, 2.45) is 0 Å². The molecule has 1 unspecified atom stereocenters. The summed E-state index contributed by atoms with van der Waals surface area (Å²) in [6.45, 7) is 2.53. The van der Waals surface area contributed by atoms with Crippen LogP contribution in [0.25, 0.3) is 10.9 Å². The number of aromatic amines is 1. The highest BCUT2D eigenvalue weighted by Gasteiger charge is 2.27. The Morgan fingerprint density at radius 2 is 1.82 bits per heavy atom. The van der Waals surface area contributed by atoms with Gasteiger partial charge in [-0.25, -0.2) is 13.2 Å². The number of benzene rings is 2. The van der Waals surface area contributed by atoms with E-state index in [9.17, 15) is 22.8 Å². The number of aromatic nitrogens is 1. The number of amides is 1. The second-order valence-corrected chi connectivity index (χ2v) is 9.61. The number of rotatable bonds is 6. The van der Waals surface area contributed by atoms with Crippen LogP contribution in [0.1, 0.15) is 17.3 Å². The van der Waals surface area contributed by atoms with Gasteiger partial charge in [0.2, 0.25) is 15.6 Å². The minimum Gasteiger partial charge on any atom is -0.449 e. The summed E-state index contributed by atoms with van der Waals surface area (Å²) in [5, 5.41) is 3.06. The van der Waals surface area contributed by atoms with E-state index < -0.39 is 33.6 Å². The first-order valence-electron chi connectivity index (χ1n) is 10.6. The minimum absolute atomic E-state index is 0.0341. The van der Waals surface area contributed by atoms with E-state index in [0.29, 0.717) is 24.1 Å². The van der Waals surface area contributed by atoms with E-state index in [-0.39, 0.29) is 29.2 Å². The van der Waals surface area contributed by atoms with Crippen LogP contribution < -0.4 is 10.9 Å². The SMILES string of the molecule is CC(OC(=O)c1cc(=O)[nH]c2ccccc12)C(=O)Nc1cccc(S(=O)(=O)N2CCOCC2)c1. The lowest BCUT2D eigenvalue weighted by atomic mass is 10.1. The summed E-state index contributed by atoms with van der Waals surface area (Å²) < 4.78 is 37.5. The molecule has 10 nitrogen and oxygen atoms in total. The maximum absolute atomic E-state index is 12.9. The Morgan fingerprint density at radius 3 is 2.59 bits per heavy atom. The second kappa shape index (κ2) is 9.75. The molecule has 1 atom stereocenters. The van der Waals surface area contributed by atoms with E-state index >= 15 is 0 Å². The van der Waals surface area contributed by atoms with Crippen LogP contribution in [0.3, 0.4) is 0 Å². The molecule has 34 heavy (non-hydrogen) atoms. The van der Waals surface area contributed by atoms with E-state index in [1.54, 1.807) is 24.3 Å². The lowest BCUT2D eigenvalue weighted by molar-refractivity contribution is -0.123. The van der Waals surface area contributed by atoms with E-state index in [1.165, 1.54) is 35.5 Å². The third-order valence-electron chi connectivity index (χ3n) is 5.33. The van der Waals surface area contributed by atoms with Crippen molar-refractivity contribution in [3.05, 3.63) is 70.5 Å². The van der Waals surface area contributed by atoms with Crippen LogP contribution in [0, 0.1) is 0 Å². The third kappa shape index (κ3) is 5.01. The number of esters is 1. The molecule has 0 bridgehead atoms. The summed E-state index contributed by atoms with van der Waals surface area (Å²) in [7, 11) is -3.74. The van der Waals surface area contributed by atoms with Crippen molar-refractivity contribution in [3.63, 3.8) is 0 Å². The van der Waals surface area contributed by atoms with Crippen LogP contribution in [0.4, 0.5) is 5.69 Å². The van der Waals surface area contributed by atoms with Crippen molar-refractivity contribution in [2.75, 3.05) is 31.6 Å². The molecule has 3 aromatic rings.